The van der Waals surface area contributed by atoms with E-state index in [1.807, 2.05) is 0 Å². The SMILES string of the molecule is C#CCONC1CC(N)C1. The molecule has 10 heavy (non-hydrogen) atoms. The molecule has 0 unspecified atom stereocenters. The Hall–Kier alpha value is -0.560. The number of nitrogens with one attached hydrogen (secondary N) is 1. The van der Waals surface area contributed by atoms with Crippen LogP contribution >= 0.6 is 0 Å². The van der Waals surface area contributed by atoms with E-state index in [2.05, 4.69) is 11.4 Å². The third-order valence-electron chi connectivity index (χ3n) is 1.58. The first kappa shape index (κ1) is 7.55. The number of terminal acetylenes is 1. The second-order valence-corrected chi connectivity index (χ2v) is 2.54. The Labute approximate surface area is 60.9 Å². The van der Waals surface area contributed by atoms with Gasteiger partial charge in [0.1, 0.15) is 6.61 Å². The van der Waals surface area contributed by atoms with Crippen LogP contribution in [0.1, 0.15) is 12.8 Å². The highest BCUT2D eigenvalue weighted by Gasteiger charge is 2.25. The molecule has 0 amide bonds. The van der Waals surface area contributed by atoms with Crippen molar-refractivity contribution in [2.24, 2.45) is 5.73 Å². The molecular weight excluding hydrogens is 128 g/mol. The molecule has 0 aliphatic heterocycles. The van der Waals surface area contributed by atoms with Gasteiger partial charge in [0.2, 0.25) is 0 Å². The fraction of sp³-hybridized carbons (Fsp3) is 0.714. The Kier molecular flexibility index (Phi) is 2.69. The van der Waals surface area contributed by atoms with Crippen LogP contribution in [0, 0.1) is 12.3 Å². The topological polar surface area (TPSA) is 47.3 Å². The predicted molar refractivity (Wildman–Crippen MR) is 38.9 cm³/mol. The number of nitrogens with two attached hydrogens (primary N) is 1. The molecule has 0 spiro atoms. The van der Waals surface area contributed by atoms with Crippen LogP contribution in [0.25, 0.3) is 0 Å². The van der Waals surface area contributed by atoms with Gasteiger partial charge in [-0.3, -0.25) is 4.84 Å². The van der Waals surface area contributed by atoms with Gasteiger partial charge in [0.15, 0.2) is 0 Å². The summed E-state index contributed by atoms with van der Waals surface area (Å²) in [5.41, 5.74) is 8.37. The first-order valence-electron chi connectivity index (χ1n) is 3.39. The van der Waals surface area contributed by atoms with Crippen LogP contribution in [0.2, 0.25) is 0 Å². The maximum absolute atomic E-state index is 5.54. The molecule has 3 N–H and O–H groups in total. The summed E-state index contributed by atoms with van der Waals surface area (Å²) in [6.45, 7) is 0.325. The van der Waals surface area contributed by atoms with Gasteiger partial charge in [0, 0.05) is 12.1 Å². The zero-order valence-electron chi connectivity index (χ0n) is 5.84. The highest BCUT2D eigenvalue weighted by Crippen LogP contribution is 2.16. The maximum atomic E-state index is 5.54. The minimum absolute atomic E-state index is 0.325. The molecule has 1 aliphatic carbocycles. The lowest BCUT2D eigenvalue weighted by Crippen LogP contribution is -2.48. The largest absolute Gasteiger partial charge is 0.328 e. The lowest BCUT2D eigenvalue weighted by molar-refractivity contribution is 0.0107. The number of hydrogen-bond acceptors (Lipinski definition) is 3. The lowest BCUT2D eigenvalue weighted by atomic mass is 9.88. The molecule has 3 nitrogen and oxygen atoms in total. The molecule has 56 valence electrons. The van der Waals surface area contributed by atoms with E-state index in [-0.39, 0.29) is 0 Å². The molecule has 0 aromatic carbocycles. The number of rotatable bonds is 3. The van der Waals surface area contributed by atoms with Gasteiger partial charge in [-0.05, 0) is 12.8 Å². The van der Waals surface area contributed by atoms with Crippen molar-refractivity contribution in [3.63, 3.8) is 0 Å². The molecule has 0 aromatic rings. The first-order valence-corrected chi connectivity index (χ1v) is 3.39. The van der Waals surface area contributed by atoms with Gasteiger partial charge >= 0.3 is 0 Å². The number of hydrogen-bond donors (Lipinski definition) is 2. The zero-order valence-corrected chi connectivity index (χ0v) is 5.84. The van der Waals surface area contributed by atoms with Crippen molar-refractivity contribution in [1.82, 2.24) is 5.48 Å². The number of hydroxylamine groups is 1. The van der Waals surface area contributed by atoms with Crippen molar-refractivity contribution < 1.29 is 4.84 Å². The molecule has 0 aromatic heterocycles. The van der Waals surface area contributed by atoms with E-state index in [1.54, 1.807) is 0 Å². The van der Waals surface area contributed by atoms with Gasteiger partial charge in [-0.1, -0.05) is 5.92 Å². The Morgan fingerprint density at radius 3 is 2.90 bits per heavy atom. The Morgan fingerprint density at radius 2 is 2.40 bits per heavy atom. The van der Waals surface area contributed by atoms with Crippen molar-refractivity contribution >= 4 is 0 Å². The van der Waals surface area contributed by atoms with E-state index in [4.69, 9.17) is 17.0 Å². The van der Waals surface area contributed by atoms with Crippen LogP contribution < -0.4 is 11.2 Å². The van der Waals surface area contributed by atoms with Crippen LogP contribution in [0.3, 0.4) is 0 Å². The highest BCUT2D eigenvalue weighted by molar-refractivity contribution is 4.86. The third-order valence-corrected chi connectivity index (χ3v) is 1.58. The van der Waals surface area contributed by atoms with E-state index >= 15 is 0 Å². The van der Waals surface area contributed by atoms with E-state index in [0.717, 1.165) is 12.8 Å². The van der Waals surface area contributed by atoms with E-state index in [9.17, 15) is 0 Å². The fourth-order valence-corrected chi connectivity index (χ4v) is 0.959. The monoisotopic (exact) mass is 140 g/mol. The van der Waals surface area contributed by atoms with Gasteiger partial charge in [-0.15, -0.1) is 6.42 Å². The second kappa shape index (κ2) is 3.57. The minimum atomic E-state index is 0.325. The van der Waals surface area contributed by atoms with Crippen molar-refractivity contribution in [1.29, 1.82) is 0 Å². The maximum Gasteiger partial charge on any atom is 0.128 e. The summed E-state index contributed by atoms with van der Waals surface area (Å²) in [4.78, 5) is 4.89. The normalized spacial score (nSPS) is 30.8. The van der Waals surface area contributed by atoms with Gasteiger partial charge < -0.3 is 5.73 Å². The average molecular weight is 140 g/mol. The molecule has 3 heteroatoms. The zero-order chi connectivity index (χ0) is 7.40. The van der Waals surface area contributed by atoms with Crippen LogP contribution in [-0.2, 0) is 4.84 Å². The van der Waals surface area contributed by atoms with Crippen LogP contribution in [0.4, 0.5) is 0 Å². The lowest BCUT2D eigenvalue weighted by Gasteiger charge is -2.32. The molecule has 0 saturated heterocycles. The average Bonchev–Trinajstić information content (AvgIpc) is 1.85. The van der Waals surface area contributed by atoms with E-state index < -0.39 is 0 Å². The first-order chi connectivity index (χ1) is 4.83. The van der Waals surface area contributed by atoms with Crippen molar-refractivity contribution in [2.45, 2.75) is 24.9 Å². The molecule has 0 heterocycles. The smallest absolute Gasteiger partial charge is 0.128 e. The van der Waals surface area contributed by atoms with Gasteiger partial charge in [0.25, 0.3) is 0 Å². The Morgan fingerprint density at radius 1 is 1.70 bits per heavy atom. The van der Waals surface area contributed by atoms with Crippen molar-refractivity contribution in [2.75, 3.05) is 6.61 Å². The molecular formula is C7H12N2O. The predicted octanol–water partition coefficient (Wildman–Crippen LogP) is -0.370. The summed E-state index contributed by atoms with van der Waals surface area (Å²) in [7, 11) is 0. The molecule has 1 saturated carbocycles. The van der Waals surface area contributed by atoms with Crippen molar-refractivity contribution in [3.05, 3.63) is 0 Å². The second-order valence-electron chi connectivity index (χ2n) is 2.54. The van der Waals surface area contributed by atoms with Crippen LogP contribution in [-0.4, -0.2) is 18.7 Å². The Balaban J connectivity index is 1.91. The quantitative estimate of drug-likeness (QED) is 0.319. The van der Waals surface area contributed by atoms with Crippen LogP contribution in [0.15, 0.2) is 0 Å². The van der Waals surface area contributed by atoms with E-state index in [1.165, 1.54) is 0 Å². The summed E-state index contributed by atoms with van der Waals surface area (Å²) in [6, 6.07) is 0.773. The van der Waals surface area contributed by atoms with E-state index in [0.29, 0.717) is 18.7 Å². The van der Waals surface area contributed by atoms with Crippen molar-refractivity contribution in [3.8, 4) is 12.3 Å². The summed E-state index contributed by atoms with van der Waals surface area (Å²) >= 11 is 0. The summed E-state index contributed by atoms with van der Waals surface area (Å²) in [6.07, 6.45) is 6.94. The van der Waals surface area contributed by atoms with Gasteiger partial charge in [-0.2, -0.15) is 5.48 Å². The fourth-order valence-electron chi connectivity index (χ4n) is 0.959. The summed E-state index contributed by atoms with van der Waals surface area (Å²) < 4.78 is 0. The third kappa shape index (κ3) is 1.99. The summed E-state index contributed by atoms with van der Waals surface area (Å²) in [5, 5.41) is 0. The van der Waals surface area contributed by atoms with Crippen LogP contribution in [0.5, 0.6) is 0 Å². The molecule has 1 fully saturated rings. The van der Waals surface area contributed by atoms with Gasteiger partial charge in [-0.25, -0.2) is 0 Å². The molecule has 1 rings (SSSR count). The standard InChI is InChI=1S/C7H12N2O/c1-2-3-10-9-7-4-6(8)5-7/h1,6-7,9H,3-5,8H2. The molecule has 0 bridgehead atoms. The molecule has 1 aliphatic rings. The molecule has 0 radical (unpaired) electrons. The molecule has 0 atom stereocenters. The van der Waals surface area contributed by atoms with Gasteiger partial charge in [0.05, 0.1) is 0 Å². The minimum Gasteiger partial charge on any atom is -0.328 e. The highest BCUT2D eigenvalue weighted by atomic mass is 16.6. The summed E-state index contributed by atoms with van der Waals surface area (Å²) in [5.74, 6) is 2.37. The Bertz CT molecular complexity index is 135.